The molecule has 0 heterocycles. The molecule has 0 aliphatic rings. The molecule has 0 radical (unpaired) electrons. The van der Waals surface area contributed by atoms with E-state index in [1.54, 1.807) is 18.2 Å². The summed E-state index contributed by atoms with van der Waals surface area (Å²) in [5, 5.41) is 12.3. The molecule has 20 heavy (non-hydrogen) atoms. The summed E-state index contributed by atoms with van der Waals surface area (Å²) in [5.74, 6) is -0.0284. The van der Waals surface area contributed by atoms with Crippen LogP contribution in [0.1, 0.15) is 25.8 Å². The third kappa shape index (κ3) is 4.91. The van der Waals surface area contributed by atoms with E-state index in [0.717, 1.165) is 5.56 Å². The fraction of sp³-hybridized carbons (Fsp3) is 0.467. The summed E-state index contributed by atoms with van der Waals surface area (Å²) in [6.07, 6.45) is 0.752. The number of aryl methyl sites for hydroxylation is 1. The van der Waals surface area contributed by atoms with Crippen LogP contribution >= 0.6 is 0 Å². The Labute approximate surface area is 119 Å². The van der Waals surface area contributed by atoms with E-state index in [2.05, 4.69) is 5.32 Å². The summed E-state index contributed by atoms with van der Waals surface area (Å²) in [4.78, 5) is 25.1. The normalized spacial score (nSPS) is 10.1. The largest absolute Gasteiger partial charge is 0.508 e. The van der Waals surface area contributed by atoms with Crippen LogP contribution in [0.25, 0.3) is 0 Å². The maximum atomic E-state index is 12.1. The third-order valence-corrected chi connectivity index (χ3v) is 3.04. The van der Waals surface area contributed by atoms with Crippen molar-refractivity contribution in [2.45, 2.75) is 26.7 Å². The van der Waals surface area contributed by atoms with Gasteiger partial charge in [0, 0.05) is 19.5 Å². The zero-order valence-electron chi connectivity index (χ0n) is 12.1. The minimum absolute atomic E-state index is 0.0815. The minimum Gasteiger partial charge on any atom is -0.508 e. The number of carbonyl (C=O) groups is 2. The van der Waals surface area contributed by atoms with Gasteiger partial charge in [0.2, 0.25) is 11.8 Å². The van der Waals surface area contributed by atoms with Crippen molar-refractivity contribution in [3.8, 4) is 5.75 Å². The molecule has 0 bridgehead atoms. The van der Waals surface area contributed by atoms with Crippen LogP contribution in [-0.2, 0) is 16.0 Å². The van der Waals surface area contributed by atoms with Crippen LogP contribution in [0.4, 0.5) is 0 Å². The predicted molar refractivity (Wildman–Crippen MR) is 77.4 cm³/mol. The molecule has 0 atom stereocenters. The highest BCUT2D eigenvalue weighted by Gasteiger charge is 2.15. The fourth-order valence-corrected chi connectivity index (χ4v) is 1.92. The van der Waals surface area contributed by atoms with Gasteiger partial charge in [-0.05, 0) is 31.9 Å². The molecule has 2 N–H and O–H groups in total. The third-order valence-electron chi connectivity index (χ3n) is 3.04. The number of hydrogen-bond acceptors (Lipinski definition) is 3. The highest BCUT2D eigenvalue weighted by atomic mass is 16.3. The predicted octanol–water partition coefficient (Wildman–Crippen LogP) is 1.31. The van der Waals surface area contributed by atoms with Crippen molar-refractivity contribution >= 4 is 11.8 Å². The molecule has 1 aromatic carbocycles. The lowest BCUT2D eigenvalue weighted by Gasteiger charge is -2.20. The number of phenols is 1. The molecular weight excluding hydrogens is 256 g/mol. The number of aromatic hydroxyl groups is 1. The number of amides is 2. The highest BCUT2D eigenvalue weighted by molar-refractivity contribution is 5.84. The Kier molecular flexibility index (Phi) is 6.56. The molecule has 0 aromatic heterocycles. The van der Waals surface area contributed by atoms with E-state index in [1.807, 2.05) is 19.9 Å². The maximum Gasteiger partial charge on any atom is 0.239 e. The first-order valence-electron chi connectivity index (χ1n) is 6.89. The van der Waals surface area contributed by atoms with Crippen LogP contribution in [0.15, 0.2) is 24.3 Å². The zero-order valence-corrected chi connectivity index (χ0v) is 12.1. The van der Waals surface area contributed by atoms with Crippen LogP contribution in [0.5, 0.6) is 5.75 Å². The van der Waals surface area contributed by atoms with Gasteiger partial charge in [0.1, 0.15) is 5.75 Å². The Bertz CT molecular complexity index is 460. The highest BCUT2D eigenvalue weighted by Crippen LogP contribution is 2.17. The first-order chi connectivity index (χ1) is 9.58. The smallest absolute Gasteiger partial charge is 0.239 e. The van der Waals surface area contributed by atoms with Gasteiger partial charge < -0.3 is 15.3 Å². The number of rotatable bonds is 7. The number of para-hydroxylation sites is 1. The molecule has 1 rings (SSSR count). The van der Waals surface area contributed by atoms with Crippen molar-refractivity contribution in [2.24, 2.45) is 0 Å². The summed E-state index contributed by atoms with van der Waals surface area (Å²) in [7, 11) is 0. The minimum atomic E-state index is -0.148. The van der Waals surface area contributed by atoms with Gasteiger partial charge in [0.25, 0.3) is 0 Å². The molecule has 1 aromatic rings. The lowest BCUT2D eigenvalue weighted by Crippen LogP contribution is -2.40. The average Bonchev–Trinajstić information content (AvgIpc) is 2.44. The van der Waals surface area contributed by atoms with Gasteiger partial charge in [-0.25, -0.2) is 0 Å². The van der Waals surface area contributed by atoms with Gasteiger partial charge in [-0.1, -0.05) is 18.2 Å². The quantitative estimate of drug-likeness (QED) is 0.790. The molecule has 0 spiro atoms. The average molecular weight is 278 g/mol. The maximum absolute atomic E-state index is 12.1. The lowest BCUT2D eigenvalue weighted by molar-refractivity contribution is -0.135. The molecule has 0 saturated heterocycles. The molecule has 0 aliphatic carbocycles. The van der Waals surface area contributed by atoms with Crippen molar-refractivity contribution in [1.29, 1.82) is 0 Å². The second-order valence-corrected chi connectivity index (χ2v) is 4.49. The van der Waals surface area contributed by atoms with Crippen molar-refractivity contribution in [3.05, 3.63) is 29.8 Å². The number of likely N-dealkylation sites (N-methyl/N-ethyl adjacent to an activating group) is 2. The van der Waals surface area contributed by atoms with E-state index in [9.17, 15) is 14.7 Å². The van der Waals surface area contributed by atoms with Crippen molar-refractivity contribution < 1.29 is 14.7 Å². The summed E-state index contributed by atoms with van der Waals surface area (Å²) < 4.78 is 0. The zero-order chi connectivity index (χ0) is 15.0. The van der Waals surface area contributed by atoms with E-state index in [4.69, 9.17) is 0 Å². The van der Waals surface area contributed by atoms with Crippen LogP contribution in [0.2, 0.25) is 0 Å². The Hall–Kier alpha value is -2.04. The van der Waals surface area contributed by atoms with Gasteiger partial charge in [0.15, 0.2) is 0 Å². The first kappa shape index (κ1) is 16.0. The summed E-state index contributed by atoms with van der Waals surface area (Å²) in [6.45, 7) is 4.83. The molecule has 2 amide bonds. The van der Waals surface area contributed by atoms with Crippen LogP contribution in [-0.4, -0.2) is 41.5 Å². The van der Waals surface area contributed by atoms with Crippen LogP contribution in [0.3, 0.4) is 0 Å². The molecular formula is C15H22N2O3. The number of hydrogen-bond donors (Lipinski definition) is 2. The lowest BCUT2D eigenvalue weighted by atomic mass is 10.1. The molecule has 5 heteroatoms. The summed E-state index contributed by atoms with van der Waals surface area (Å²) >= 11 is 0. The van der Waals surface area contributed by atoms with E-state index in [-0.39, 0.29) is 30.5 Å². The monoisotopic (exact) mass is 278 g/mol. The number of nitrogens with one attached hydrogen (secondary N) is 1. The fourth-order valence-electron chi connectivity index (χ4n) is 1.92. The van der Waals surface area contributed by atoms with E-state index >= 15 is 0 Å². The van der Waals surface area contributed by atoms with Crippen molar-refractivity contribution in [3.63, 3.8) is 0 Å². The molecule has 0 aliphatic heterocycles. The van der Waals surface area contributed by atoms with Crippen molar-refractivity contribution in [1.82, 2.24) is 10.2 Å². The van der Waals surface area contributed by atoms with E-state index < -0.39 is 0 Å². The topological polar surface area (TPSA) is 69.6 Å². The molecule has 5 nitrogen and oxygen atoms in total. The summed E-state index contributed by atoms with van der Waals surface area (Å²) in [5.41, 5.74) is 0.745. The van der Waals surface area contributed by atoms with E-state index in [1.165, 1.54) is 4.90 Å². The number of carbonyl (C=O) groups excluding carboxylic acids is 2. The van der Waals surface area contributed by atoms with Crippen molar-refractivity contribution in [2.75, 3.05) is 19.6 Å². The molecule has 0 saturated carbocycles. The van der Waals surface area contributed by atoms with Gasteiger partial charge in [-0.3, -0.25) is 9.59 Å². The molecule has 110 valence electrons. The Morgan fingerprint density at radius 1 is 1.25 bits per heavy atom. The van der Waals surface area contributed by atoms with E-state index in [0.29, 0.717) is 19.5 Å². The Balaban J connectivity index is 2.51. The number of nitrogens with zero attached hydrogens (tertiary/aromatic N) is 1. The molecule has 0 fully saturated rings. The number of benzene rings is 1. The van der Waals surface area contributed by atoms with Gasteiger partial charge in [-0.15, -0.1) is 0 Å². The Morgan fingerprint density at radius 2 is 1.95 bits per heavy atom. The Morgan fingerprint density at radius 3 is 2.55 bits per heavy atom. The molecule has 0 unspecified atom stereocenters. The SMILES string of the molecule is CCNC(=O)CN(CC)C(=O)CCc1ccccc1O. The first-order valence-corrected chi connectivity index (χ1v) is 6.89. The standard InChI is InChI=1S/C15H22N2O3/c1-3-16-14(19)11-17(4-2)15(20)10-9-12-7-5-6-8-13(12)18/h5-8,18H,3-4,9-11H2,1-2H3,(H,16,19). The number of phenolic OH excluding ortho intramolecular Hbond substituents is 1. The van der Waals surface area contributed by atoms with Crippen LogP contribution in [0, 0.1) is 0 Å². The van der Waals surface area contributed by atoms with Gasteiger partial charge >= 0.3 is 0 Å². The van der Waals surface area contributed by atoms with Gasteiger partial charge in [0.05, 0.1) is 6.54 Å². The van der Waals surface area contributed by atoms with Crippen LogP contribution < -0.4 is 5.32 Å². The van der Waals surface area contributed by atoms with Gasteiger partial charge in [-0.2, -0.15) is 0 Å². The second-order valence-electron chi connectivity index (χ2n) is 4.49. The summed E-state index contributed by atoms with van der Waals surface area (Å²) in [6, 6.07) is 6.97. The second kappa shape index (κ2) is 8.19.